The van der Waals surface area contributed by atoms with Crippen molar-refractivity contribution in [1.82, 2.24) is 19.9 Å². The van der Waals surface area contributed by atoms with Gasteiger partial charge in [-0.15, -0.1) is 0 Å². The van der Waals surface area contributed by atoms with Gasteiger partial charge in [0.15, 0.2) is 5.65 Å². The van der Waals surface area contributed by atoms with Gasteiger partial charge in [-0.2, -0.15) is 31.4 Å². The monoisotopic (exact) mass is 504 g/mol. The zero-order valence-corrected chi connectivity index (χ0v) is 16.9. The average molecular weight is 504 g/mol. The molecule has 8 nitrogen and oxygen atoms in total. The fourth-order valence-electron chi connectivity index (χ4n) is 3.15. The third-order valence-corrected chi connectivity index (χ3v) is 4.62. The van der Waals surface area contributed by atoms with Gasteiger partial charge >= 0.3 is 18.3 Å². The number of benzene rings is 1. The highest BCUT2D eigenvalue weighted by Gasteiger charge is 2.60. The van der Waals surface area contributed by atoms with Crippen molar-refractivity contribution in [2.75, 3.05) is 0 Å². The summed E-state index contributed by atoms with van der Waals surface area (Å²) in [6.07, 6.45) is -12.1. The Labute approximate surface area is 189 Å². The summed E-state index contributed by atoms with van der Waals surface area (Å²) < 4.78 is 101. The number of hydrogen-bond acceptors (Lipinski definition) is 6. The number of fused-ring (bicyclic) bond motifs is 2. The first-order valence-corrected chi connectivity index (χ1v) is 9.47. The van der Waals surface area contributed by atoms with Crippen LogP contribution in [0.1, 0.15) is 26.5 Å². The number of hydrogen-bond donors (Lipinski definition) is 1. The second-order valence-corrected chi connectivity index (χ2v) is 7.08. The molecule has 35 heavy (non-hydrogen) atoms. The second kappa shape index (κ2) is 8.56. The third-order valence-electron chi connectivity index (χ3n) is 4.62. The summed E-state index contributed by atoms with van der Waals surface area (Å²) in [5, 5.41) is 6.24. The lowest BCUT2D eigenvalue weighted by Gasteiger charge is -2.22. The molecule has 0 unspecified atom stereocenters. The Kier molecular flexibility index (Phi) is 5.86. The molecule has 1 N–H and O–H groups in total. The van der Waals surface area contributed by atoms with E-state index in [4.69, 9.17) is 4.42 Å². The molecule has 184 valence electrons. The average Bonchev–Trinajstić information content (AvgIpc) is 3.37. The standard InChI is InChI=1S/C20H11F7N4O4/c21-10-4-9-5-11(7-29-16(32)13-8-30-31-3-1-2-28-15(13)31)34-14(9)12(6-10)17(33)35-18(19(22,23)24)20(25,26)27/h1-6,8,18H,7H2,(H,29,32). The lowest BCUT2D eigenvalue weighted by molar-refractivity contribution is -0.307. The molecule has 0 aliphatic heterocycles. The number of furan rings is 1. The molecule has 0 aliphatic carbocycles. The second-order valence-electron chi connectivity index (χ2n) is 7.08. The topological polar surface area (TPSA) is 98.7 Å². The van der Waals surface area contributed by atoms with Gasteiger partial charge in [0, 0.05) is 17.8 Å². The summed E-state index contributed by atoms with van der Waals surface area (Å²) in [5.74, 6) is -3.96. The summed E-state index contributed by atoms with van der Waals surface area (Å²) in [7, 11) is 0. The van der Waals surface area contributed by atoms with Crippen LogP contribution in [-0.2, 0) is 11.3 Å². The van der Waals surface area contributed by atoms with Crippen LogP contribution in [0.3, 0.4) is 0 Å². The molecule has 3 heterocycles. The summed E-state index contributed by atoms with van der Waals surface area (Å²) in [4.78, 5) is 28.6. The lowest BCUT2D eigenvalue weighted by atomic mass is 10.1. The minimum Gasteiger partial charge on any atom is -0.458 e. The Morgan fingerprint density at radius 1 is 1.09 bits per heavy atom. The van der Waals surface area contributed by atoms with E-state index >= 15 is 0 Å². The molecule has 15 heteroatoms. The van der Waals surface area contributed by atoms with Crippen molar-refractivity contribution in [3.63, 3.8) is 0 Å². The van der Waals surface area contributed by atoms with E-state index in [1.54, 1.807) is 12.3 Å². The fourth-order valence-corrected chi connectivity index (χ4v) is 3.15. The van der Waals surface area contributed by atoms with Crippen LogP contribution in [0.15, 0.2) is 47.3 Å². The first-order valence-electron chi connectivity index (χ1n) is 9.47. The number of amides is 1. The van der Waals surface area contributed by atoms with E-state index in [1.807, 2.05) is 0 Å². The molecule has 4 aromatic rings. The fraction of sp³-hybridized carbons (Fsp3) is 0.200. The number of ether oxygens (including phenoxy) is 1. The van der Waals surface area contributed by atoms with Crippen molar-refractivity contribution in [1.29, 1.82) is 0 Å². The highest BCUT2D eigenvalue weighted by atomic mass is 19.4. The van der Waals surface area contributed by atoms with Crippen LogP contribution in [-0.4, -0.2) is 44.9 Å². The van der Waals surface area contributed by atoms with Crippen molar-refractivity contribution in [2.24, 2.45) is 0 Å². The van der Waals surface area contributed by atoms with Crippen molar-refractivity contribution in [2.45, 2.75) is 25.0 Å². The summed E-state index contributed by atoms with van der Waals surface area (Å²) >= 11 is 0. The van der Waals surface area contributed by atoms with Crippen LogP contribution in [0.25, 0.3) is 16.6 Å². The first-order chi connectivity index (χ1) is 16.3. The van der Waals surface area contributed by atoms with E-state index in [2.05, 4.69) is 20.1 Å². The molecular weight excluding hydrogens is 493 g/mol. The van der Waals surface area contributed by atoms with Gasteiger partial charge in [0.1, 0.15) is 28.3 Å². The smallest absolute Gasteiger partial charge is 0.434 e. The quantitative estimate of drug-likeness (QED) is 0.323. The van der Waals surface area contributed by atoms with Gasteiger partial charge in [-0.05, 0) is 24.3 Å². The Hall–Kier alpha value is -4.17. The molecule has 4 rings (SSSR count). The molecule has 1 aromatic carbocycles. The van der Waals surface area contributed by atoms with E-state index in [1.165, 1.54) is 16.9 Å². The third kappa shape index (κ3) is 4.88. The molecule has 0 radical (unpaired) electrons. The van der Waals surface area contributed by atoms with Crippen molar-refractivity contribution in [3.05, 3.63) is 65.6 Å². The van der Waals surface area contributed by atoms with E-state index < -0.39 is 47.3 Å². The van der Waals surface area contributed by atoms with E-state index in [0.29, 0.717) is 6.07 Å². The maximum atomic E-state index is 13.9. The first kappa shape index (κ1) is 24.0. The number of aromatic nitrogens is 3. The van der Waals surface area contributed by atoms with Gasteiger partial charge in [-0.3, -0.25) is 4.79 Å². The number of alkyl halides is 6. The number of esters is 1. The van der Waals surface area contributed by atoms with Crippen LogP contribution in [0.4, 0.5) is 30.7 Å². The minimum atomic E-state index is -5.95. The number of carbonyl (C=O) groups excluding carboxylic acids is 2. The highest BCUT2D eigenvalue weighted by Crippen LogP contribution is 2.37. The van der Waals surface area contributed by atoms with Gasteiger partial charge in [-0.1, -0.05) is 0 Å². The molecule has 0 bridgehead atoms. The molecule has 0 fully saturated rings. The molecular formula is C20H11F7N4O4. The Morgan fingerprint density at radius 2 is 1.80 bits per heavy atom. The summed E-state index contributed by atoms with van der Waals surface area (Å²) in [6, 6.07) is 3.95. The van der Waals surface area contributed by atoms with Crippen molar-refractivity contribution in [3.8, 4) is 0 Å². The van der Waals surface area contributed by atoms with Crippen LogP contribution >= 0.6 is 0 Å². The number of nitrogens with zero attached hydrogens (tertiary/aromatic N) is 3. The Balaban J connectivity index is 1.57. The van der Waals surface area contributed by atoms with Gasteiger partial charge in [0.25, 0.3) is 12.0 Å². The SMILES string of the molecule is O=C(OC(C(F)(F)F)C(F)(F)F)c1cc(F)cc2cc(CNC(=O)c3cnn4cccnc34)oc12. The number of halogens is 7. The summed E-state index contributed by atoms with van der Waals surface area (Å²) in [5.41, 5.74) is -1.18. The van der Waals surface area contributed by atoms with Gasteiger partial charge < -0.3 is 14.5 Å². The predicted molar refractivity (Wildman–Crippen MR) is 102 cm³/mol. The number of nitrogens with one attached hydrogen (secondary N) is 1. The molecule has 1 amide bonds. The highest BCUT2D eigenvalue weighted by molar-refractivity contribution is 6.02. The molecule has 0 aliphatic rings. The van der Waals surface area contributed by atoms with Gasteiger partial charge in [0.05, 0.1) is 12.7 Å². The van der Waals surface area contributed by atoms with Crippen LogP contribution < -0.4 is 5.32 Å². The Bertz CT molecular complexity index is 1410. The van der Waals surface area contributed by atoms with Crippen LogP contribution in [0, 0.1) is 5.82 Å². The van der Waals surface area contributed by atoms with Crippen LogP contribution in [0.2, 0.25) is 0 Å². The molecule has 0 spiro atoms. The maximum absolute atomic E-state index is 13.9. The van der Waals surface area contributed by atoms with Gasteiger partial charge in [-0.25, -0.2) is 18.7 Å². The van der Waals surface area contributed by atoms with E-state index in [9.17, 15) is 40.3 Å². The largest absolute Gasteiger partial charge is 0.458 e. The summed E-state index contributed by atoms with van der Waals surface area (Å²) in [6.45, 7) is -0.332. The lowest BCUT2D eigenvalue weighted by Crippen LogP contribution is -2.45. The van der Waals surface area contributed by atoms with Crippen molar-refractivity contribution < 1.29 is 49.5 Å². The Morgan fingerprint density at radius 3 is 2.49 bits per heavy atom. The van der Waals surface area contributed by atoms with E-state index in [-0.39, 0.29) is 28.9 Å². The molecule has 3 aromatic heterocycles. The van der Waals surface area contributed by atoms with E-state index in [0.717, 1.165) is 12.1 Å². The van der Waals surface area contributed by atoms with Crippen LogP contribution in [0.5, 0.6) is 0 Å². The maximum Gasteiger partial charge on any atom is 0.434 e. The molecule has 0 saturated heterocycles. The van der Waals surface area contributed by atoms with Gasteiger partial charge in [0.2, 0.25) is 0 Å². The zero-order valence-electron chi connectivity index (χ0n) is 16.9. The molecule has 0 saturated carbocycles. The zero-order chi connectivity index (χ0) is 25.5. The number of carbonyl (C=O) groups is 2. The predicted octanol–water partition coefficient (Wildman–Crippen LogP) is 4.19. The number of rotatable bonds is 5. The molecule has 0 atom stereocenters. The van der Waals surface area contributed by atoms with Crippen molar-refractivity contribution >= 4 is 28.5 Å². The minimum absolute atomic E-state index is 0.0828. The normalized spacial score (nSPS) is 12.5.